The minimum absolute atomic E-state index is 0.0492. The molecule has 1 heterocycles. The van der Waals surface area contributed by atoms with E-state index in [-0.39, 0.29) is 25.2 Å². The highest BCUT2D eigenvalue weighted by molar-refractivity contribution is 5.77. The number of aryl methyl sites for hydroxylation is 1. The first-order chi connectivity index (χ1) is 8.45. The number of aliphatic hydroxyl groups excluding tert-OH is 1. The van der Waals surface area contributed by atoms with E-state index in [1.165, 1.54) is 0 Å². The minimum atomic E-state index is -0.203. The topological polar surface area (TPSA) is 62.7 Å². The third-order valence-corrected chi connectivity index (χ3v) is 2.74. The third-order valence-electron chi connectivity index (χ3n) is 2.74. The van der Waals surface area contributed by atoms with Crippen molar-refractivity contribution in [3.05, 3.63) is 23.5 Å². The number of hydrogen-bond donors (Lipinski definition) is 1. The molecule has 0 atom stereocenters. The number of hydrogen-bond acceptors (Lipinski definition) is 4. The minimum Gasteiger partial charge on any atom is -0.482 e. The zero-order valence-electron chi connectivity index (χ0n) is 11.3. The molecule has 0 spiro atoms. The summed E-state index contributed by atoms with van der Waals surface area (Å²) in [6.07, 6.45) is 0. The van der Waals surface area contributed by atoms with Gasteiger partial charge < -0.3 is 14.7 Å². The van der Waals surface area contributed by atoms with Crippen LogP contribution in [0.2, 0.25) is 0 Å². The monoisotopic (exact) mass is 252 g/mol. The van der Waals surface area contributed by atoms with Crippen molar-refractivity contribution in [2.75, 3.05) is 13.7 Å². The molecule has 1 aromatic heterocycles. The van der Waals surface area contributed by atoms with Crippen LogP contribution < -0.4 is 4.74 Å². The number of rotatable bonds is 5. The maximum atomic E-state index is 11.7. The second kappa shape index (κ2) is 6.35. The van der Waals surface area contributed by atoms with E-state index in [0.29, 0.717) is 11.4 Å². The van der Waals surface area contributed by atoms with Gasteiger partial charge in [0.25, 0.3) is 5.91 Å². The van der Waals surface area contributed by atoms with E-state index < -0.39 is 0 Å². The van der Waals surface area contributed by atoms with E-state index in [9.17, 15) is 4.79 Å². The number of nitrogens with zero attached hydrogens (tertiary/aromatic N) is 2. The molecule has 0 aliphatic rings. The molecule has 0 fully saturated rings. The number of ether oxygens (including phenoxy) is 1. The van der Waals surface area contributed by atoms with Crippen molar-refractivity contribution in [1.82, 2.24) is 9.88 Å². The number of aromatic nitrogens is 1. The van der Waals surface area contributed by atoms with Gasteiger partial charge in [0, 0.05) is 18.8 Å². The molecule has 18 heavy (non-hydrogen) atoms. The van der Waals surface area contributed by atoms with Crippen molar-refractivity contribution in [1.29, 1.82) is 0 Å². The summed E-state index contributed by atoms with van der Waals surface area (Å²) in [5.74, 6) is 0.350. The molecule has 0 radical (unpaired) electrons. The fourth-order valence-electron chi connectivity index (χ4n) is 1.37. The predicted octanol–water partition coefficient (Wildman–Crippen LogP) is 1.13. The summed E-state index contributed by atoms with van der Waals surface area (Å²) in [6, 6.07) is 3.64. The van der Waals surface area contributed by atoms with Crippen molar-refractivity contribution in [2.24, 2.45) is 0 Å². The van der Waals surface area contributed by atoms with Crippen LogP contribution in [0.15, 0.2) is 12.1 Å². The van der Waals surface area contributed by atoms with Gasteiger partial charge in [0.05, 0.1) is 6.61 Å². The van der Waals surface area contributed by atoms with Gasteiger partial charge >= 0.3 is 0 Å². The molecular weight excluding hydrogens is 232 g/mol. The maximum Gasteiger partial charge on any atom is 0.260 e. The third kappa shape index (κ3) is 3.70. The Balaban J connectivity index is 2.66. The van der Waals surface area contributed by atoms with Gasteiger partial charge in [0.2, 0.25) is 0 Å². The summed E-state index contributed by atoms with van der Waals surface area (Å²) >= 11 is 0. The van der Waals surface area contributed by atoms with Gasteiger partial charge in [-0.1, -0.05) is 0 Å². The van der Waals surface area contributed by atoms with Gasteiger partial charge in [-0.3, -0.25) is 9.78 Å². The van der Waals surface area contributed by atoms with Gasteiger partial charge in [0.1, 0.15) is 11.4 Å². The number of aliphatic hydroxyl groups is 1. The molecule has 0 aliphatic carbocycles. The molecule has 100 valence electrons. The van der Waals surface area contributed by atoms with E-state index in [1.54, 1.807) is 24.1 Å². The molecule has 0 aromatic carbocycles. The predicted molar refractivity (Wildman–Crippen MR) is 68.3 cm³/mol. The first kappa shape index (κ1) is 14.4. The van der Waals surface area contributed by atoms with Gasteiger partial charge in [-0.05, 0) is 32.9 Å². The highest BCUT2D eigenvalue weighted by Crippen LogP contribution is 2.16. The number of pyridine rings is 1. The first-order valence-corrected chi connectivity index (χ1v) is 5.91. The van der Waals surface area contributed by atoms with Crippen molar-refractivity contribution >= 4 is 5.91 Å². The highest BCUT2D eigenvalue weighted by Gasteiger charge is 2.13. The van der Waals surface area contributed by atoms with E-state index in [2.05, 4.69) is 4.98 Å². The molecule has 0 unspecified atom stereocenters. The molecule has 0 saturated heterocycles. The lowest BCUT2D eigenvalue weighted by Crippen LogP contribution is -2.36. The quantitative estimate of drug-likeness (QED) is 0.853. The van der Waals surface area contributed by atoms with Crippen molar-refractivity contribution in [2.45, 2.75) is 33.4 Å². The molecule has 0 bridgehead atoms. The van der Waals surface area contributed by atoms with Gasteiger partial charge in [0.15, 0.2) is 6.61 Å². The van der Waals surface area contributed by atoms with E-state index >= 15 is 0 Å². The van der Waals surface area contributed by atoms with Crippen LogP contribution in [0.5, 0.6) is 5.75 Å². The second-order valence-electron chi connectivity index (χ2n) is 4.44. The molecule has 1 N–H and O–H groups in total. The van der Waals surface area contributed by atoms with E-state index in [0.717, 1.165) is 5.69 Å². The normalized spacial score (nSPS) is 10.6. The number of likely N-dealkylation sites (N-methyl/N-ethyl adjacent to an activating group) is 1. The lowest BCUT2D eigenvalue weighted by Gasteiger charge is -2.21. The summed E-state index contributed by atoms with van der Waals surface area (Å²) < 4.78 is 5.40. The molecular formula is C13H20N2O3. The van der Waals surface area contributed by atoms with E-state index in [1.807, 2.05) is 20.8 Å². The Morgan fingerprint density at radius 2 is 2.17 bits per heavy atom. The van der Waals surface area contributed by atoms with Crippen LogP contribution in [-0.2, 0) is 11.4 Å². The van der Waals surface area contributed by atoms with Crippen LogP contribution in [-0.4, -0.2) is 40.6 Å². The Kier molecular flexibility index (Phi) is 5.09. The van der Waals surface area contributed by atoms with Crippen molar-refractivity contribution in [3.8, 4) is 5.75 Å². The average Bonchev–Trinajstić information content (AvgIpc) is 2.35. The van der Waals surface area contributed by atoms with E-state index in [4.69, 9.17) is 9.84 Å². The molecule has 0 saturated carbocycles. The fourth-order valence-corrected chi connectivity index (χ4v) is 1.37. The second-order valence-corrected chi connectivity index (χ2v) is 4.44. The van der Waals surface area contributed by atoms with Crippen LogP contribution >= 0.6 is 0 Å². The number of carbonyl (C=O) groups excluding carboxylic acids is 1. The smallest absolute Gasteiger partial charge is 0.260 e. The summed E-state index contributed by atoms with van der Waals surface area (Å²) in [7, 11) is 1.73. The Labute approximate surface area is 107 Å². The SMILES string of the molecule is Cc1ccc(OCC(=O)N(C)C(C)C)c(CO)n1. The average molecular weight is 252 g/mol. The fraction of sp³-hybridized carbons (Fsp3) is 0.538. The zero-order chi connectivity index (χ0) is 13.7. The molecule has 0 aliphatic heterocycles. The lowest BCUT2D eigenvalue weighted by molar-refractivity contribution is -0.133. The summed E-state index contributed by atoms with van der Waals surface area (Å²) in [5.41, 5.74) is 1.26. The molecule has 5 heteroatoms. The lowest BCUT2D eigenvalue weighted by atomic mass is 10.3. The van der Waals surface area contributed by atoms with Crippen LogP contribution in [0.25, 0.3) is 0 Å². The van der Waals surface area contributed by atoms with Gasteiger partial charge in [-0.25, -0.2) is 0 Å². The number of carbonyl (C=O) groups is 1. The van der Waals surface area contributed by atoms with Crippen molar-refractivity contribution in [3.63, 3.8) is 0 Å². The Morgan fingerprint density at radius 3 is 2.72 bits per heavy atom. The molecule has 1 amide bonds. The van der Waals surface area contributed by atoms with Gasteiger partial charge in [-0.15, -0.1) is 0 Å². The highest BCUT2D eigenvalue weighted by atomic mass is 16.5. The standard InChI is InChI=1S/C13H20N2O3/c1-9(2)15(4)13(17)8-18-12-6-5-10(3)14-11(12)7-16/h5-6,9,16H,7-8H2,1-4H3. The summed E-state index contributed by atoms with van der Waals surface area (Å²) in [4.78, 5) is 17.5. The first-order valence-electron chi connectivity index (χ1n) is 5.91. The Hall–Kier alpha value is -1.62. The number of amides is 1. The Morgan fingerprint density at radius 1 is 1.50 bits per heavy atom. The molecule has 5 nitrogen and oxygen atoms in total. The summed E-state index contributed by atoms with van der Waals surface area (Å²) in [5, 5.41) is 9.17. The molecule has 1 aromatic rings. The summed E-state index contributed by atoms with van der Waals surface area (Å²) in [6.45, 7) is 5.45. The van der Waals surface area contributed by atoms with Crippen LogP contribution in [0.4, 0.5) is 0 Å². The zero-order valence-corrected chi connectivity index (χ0v) is 11.3. The van der Waals surface area contributed by atoms with Crippen LogP contribution in [0.3, 0.4) is 0 Å². The van der Waals surface area contributed by atoms with Gasteiger partial charge in [-0.2, -0.15) is 0 Å². The van der Waals surface area contributed by atoms with Crippen LogP contribution in [0, 0.1) is 6.92 Å². The maximum absolute atomic E-state index is 11.7. The van der Waals surface area contributed by atoms with Crippen molar-refractivity contribution < 1.29 is 14.6 Å². The Bertz CT molecular complexity index is 419. The molecule has 1 rings (SSSR count). The van der Waals surface area contributed by atoms with Crippen LogP contribution in [0.1, 0.15) is 25.2 Å². The largest absolute Gasteiger partial charge is 0.482 e.